The topological polar surface area (TPSA) is 103 Å². The lowest BCUT2D eigenvalue weighted by molar-refractivity contribution is 0.0978. The Labute approximate surface area is 197 Å². The maximum atomic E-state index is 13.1. The van der Waals surface area contributed by atoms with Crippen molar-refractivity contribution in [3.05, 3.63) is 72.4 Å². The number of fused-ring (bicyclic) bond motifs is 1. The Bertz CT molecular complexity index is 1540. The second-order valence-electron chi connectivity index (χ2n) is 7.69. The maximum Gasteiger partial charge on any atom is 0.330 e. The number of thiazole rings is 1. The summed E-state index contributed by atoms with van der Waals surface area (Å²) in [5.74, 6) is -0.0530. The first-order valence-corrected chi connectivity index (χ1v) is 11.5. The predicted molar refractivity (Wildman–Crippen MR) is 128 cm³/mol. The van der Waals surface area contributed by atoms with Crippen molar-refractivity contribution in [1.82, 2.24) is 18.7 Å². The molecule has 0 aliphatic rings. The fraction of sp³-hybridized carbons (Fsp3) is 0.261. The van der Waals surface area contributed by atoms with Crippen LogP contribution in [-0.2, 0) is 20.6 Å². The highest BCUT2D eigenvalue weighted by Crippen LogP contribution is 2.29. The van der Waals surface area contributed by atoms with E-state index >= 15 is 0 Å². The number of rotatable bonds is 7. The van der Waals surface area contributed by atoms with Gasteiger partial charge in [0.25, 0.3) is 5.56 Å². The maximum absolute atomic E-state index is 13.1. The van der Waals surface area contributed by atoms with E-state index in [9.17, 15) is 19.6 Å². The average molecular weight is 482 g/mol. The number of aryl methyl sites for hydroxylation is 2. The Hall–Kier alpha value is -3.48. The zero-order valence-electron chi connectivity index (χ0n) is 18.0. The normalized spacial score (nSPS) is 11.1. The average Bonchev–Trinajstić information content (AvgIpc) is 3.43. The molecule has 0 spiro atoms. The molecule has 0 saturated carbocycles. The summed E-state index contributed by atoms with van der Waals surface area (Å²) in [5.41, 5.74) is 1.57. The lowest BCUT2D eigenvalue weighted by Crippen LogP contribution is -2.36. The lowest BCUT2D eigenvalue weighted by Gasteiger charge is -2.10. The van der Waals surface area contributed by atoms with Crippen LogP contribution in [0.2, 0.25) is 5.15 Å². The van der Waals surface area contributed by atoms with Crippen LogP contribution in [-0.4, -0.2) is 24.5 Å². The van der Waals surface area contributed by atoms with Crippen LogP contribution in [0, 0.1) is 11.3 Å². The van der Waals surface area contributed by atoms with Gasteiger partial charge in [-0.3, -0.25) is 18.7 Å². The third-order valence-corrected chi connectivity index (χ3v) is 6.75. The van der Waals surface area contributed by atoms with Crippen LogP contribution in [0.3, 0.4) is 0 Å². The highest BCUT2D eigenvalue weighted by Gasteiger charge is 2.19. The Balaban J connectivity index is 1.70. The number of aromatic nitrogens is 4. The molecule has 4 aromatic rings. The molecule has 0 aliphatic carbocycles. The van der Waals surface area contributed by atoms with Gasteiger partial charge < -0.3 is 4.57 Å². The number of halogens is 1. The third kappa shape index (κ3) is 4.27. The number of ketones is 1. The van der Waals surface area contributed by atoms with Crippen molar-refractivity contribution >= 4 is 39.6 Å². The number of carbonyl (C=O) groups is 1. The molecule has 33 heavy (non-hydrogen) atoms. The van der Waals surface area contributed by atoms with E-state index in [-0.39, 0.29) is 11.3 Å². The highest BCUT2D eigenvalue weighted by atomic mass is 35.5. The van der Waals surface area contributed by atoms with E-state index in [1.54, 1.807) is 36.8 Å². The minimum absolute atomic E-state index is 0.0530. The quantitative estimate of drug-likeness (QED) is 0.295. The van der Waals surface area contributed by atoms with Crippen molar-refractivity contribution in [3.63, 3.8) is 0 Å². The molecule has 4 rings (SSSR count). The first-order chi connectivity index (χ1) is 15.8. The van der Waals surface area contributed by atoms with Gasteiger partial charge in [0.1, 0.15) is 5.15 Å². The van der Waals surface area contributed by atoms with Gasteiger partial charge in [-0.15, -0.1) is 11.3 Å². The van der Waals surface area contributed by atoms with Gasteiger partial charge in [-0.2, -0.15) is 5.26 Å². The molecule has 8 nitrogen and oxygen atoms in total. The van der Waals surface area contributed by atoms with E-state index in [0.29, 0.717) is 63.7 Å². The van der Waals surface area contributed by atoms with Crippen LogP contribution in [0.4, 0.5) is 0 Å². The van der Waals surface area contributed by atoms with Crippen molar-refractivity contribution in [3.8, 4) is 17.3 Å². The molecule has 3 aromatic heterocycles. The Morgan fingerprint density at radius 3 is 2.70 bits per heavy atom. The Kier molecular flexibility index (Phi) is 6.31. The summed E-state index contributed by atoms with van der Waals surface area (Å²) in [5, 5.41) is 12.1. The van der Waals surface area contributed by atoms with Crippen LogP contribution in [0.25, 0.3) is 22.2 Å². The molecule has 3 heterocycles. The van der Waals surface area contributed by atoms with E-state index in [1.165, 1.54) is 23.0 Å². The number of hydrogen-bond donors (Lipinski definition) is 0. The van der Waals surface area contributed by atoms with E-state index in [2.05, 4.69) is 11.1 Å². The predicted octanol–water partition coefficient (Wildman–Crippen LogP) is 3.74. The molecule has 1 aromatic carbocycles. The van der Waals surface area contributed by atoms with E-state index < -0.39 is 5.69 Å². The molecule has 0 unspecified atom stereocenters. The highest BCUT2D eigenvalue weighted by molar-refractivity contribution is 7.12. The molecule has 0 fully saturated rings. The molecule has 0 radical (unpaired) electrons. The molecular formula is C23H20ClN5O3S. The van der Waals surface area contributed by atoms with E-state index in [4.69, 9.17) is 11.6 Å². The number of nitriles is 1. The minimum Gasteiger partial charge on any atom is -0.345 e. The monoisotopic (exact) mass is 481 g/mol. The van der Waals surface area contributed by atoms with Crippen molar-refractivity contribution in [2.45, 2.75) is 25.8 Å². The van der Waals surface area contributed by atoms with Crippen molar-refractivity contribution in [2.24, 2.45) is 14.1 Å². The van der Waals surface area contributed by atoms with Crippen LogP contribution >= 0.6 is 22.9 Å². The molecular weight excluding hydrogens is 462 g/mol. The summed E-state index contributed by atoms with van der Waals surface area (Å²) in [6, 6.07) is 9.16. The molecule has 0 amide bonds. The number of nitrogens with zero attached hydrogens (tertiary/aromatic N) is 5. The fourth-order valence-electron chi connectivity index (χ4n) is 3.87. The van der Waals surface area contributed by atoms with Gasteiger partial charge >= 0.3 is 5.69 Å². The van der Waals surface area contributed by atoms with Crippen molar-refractivity contribution in [1.29, 1.82) is 5.26 Å². The van der Waals surface area contributed by atoms with Crippen LogP contribution in [0.15, 0.2) is 45.4 Å². The number of benzene rings is 1. The van der Waals surface area contributed by atoms with E-state index in [0.717, 1.165) is 4.57 Å². The SMILES string of the molecule is Cn1c(=O)c2c(-c3cccc(C#N)c3)n(CCCCC(=O)c3nc(Cl)cs3)cc2n(C)c1=O. The molecule has 0 N–H and O–H groups in total. The summed E-state index contributed by atoms with van der Waals surface area (Å²) < 4.78 is 4.45. The Morgan fingerprint density at radius 2 is 2.00 bits per heavy atom. The van der Waals surface area contributed by atoms with Crippen LogP contribution < -0.4 is 11.2 Å². The summed E-state index contributed by atoms with van der Waals surface area (Å²) in [6.45, 7) is 0.532. The summed E-state index contributed by atoms with van der Waals surface area (Å²) in [7, 11) is 3.08. The second kappa shape index (κ2) is 9.17. The zero-order chi connectivity index (χ0) is 23.7. The standard InChI is InChI=1S/C23H20ClN5O3S/c1-27-16-12-29(9-4-3-8-17(30)21-26-18(24)13-33-21)20(15-7-5-6-14(10-15)11-25)19(16)22(31)28(2)23(27)32/h5-7,10,12-13H,3-4,8-9H2,1-2H3. The van der Waals surface area contributed by atoms with Crippen molar-refractivity contribution < 1.29 is 4.79 Å². The van der Waals surface area contributed by atoms with E-state index in [1.807, 2.05) is 10.6 Å². The van der Waals surface area contributed by atoms with Gasteiger partial charge in [0, 0.05) is 44.2 Å². The summed E-state index contributed by atoms with van der Waals surface area (Å²) in [4.78, 5) is 41.8. The Morgan fingerprint density at radius 1 is 1.21 bits per heavy atom. The van der Waals surface area contributed by atoms with Crippen LogP contribution in [0.1, 0.15) is 34.6 Å². The number of carbonyl (C=O) groups excluding carboxylic acids is 1. The molecule has 0 saturated heterocycles. The van der Waals surface area contributed by atoms with Crippen LogP contribution in [0.5, 0.6) is 0 Å². The summed E-state index contributed by atoms with van der Waals surface area (Å²) >= 11 is 7.03. The number of Topliss-reactive ketones (excluding diaryl/α,β-unsaturated/α-hetero) is 1. The van der Waals surface area contributed by atoms with Gasteiger partial charge in [0.15, 0.2) is 10.8 Å². The first-order valence-electron chi connectivity index (χ1n) is 10.3. The minimum atomic E-state index is -0.408. The number of hydrogen-bond acceptors (Lipinski definition) is 6. The van der Waals surface area contributed by atoms with Gasteiger partial charge in [-0.1, -0.05) is 23.7 Å². The van der Waals surface area contributed by atoms with Gasteiger partial charge in [0.2, 0.25) is 0 Å². The third-order valence-electron chi connectivity index (χ3n) is 5.54. The van der Waals surface area contributed by atoms with Crippen molar-refractivity contribution in [2.75, 3.05) is 0 Å². The molecule has 0 atom stereocenters. The number of unbranched alkanes of at least 4 members (excludes halogenated alkanes) is 1. The molecule has 10 heteroatoms. The zero-order valence-corrected chi connectivity index (χ0v) is 19.6. The molecule has 168 valence electrons. The summed E-state index contributed by atoms with van der Waals surface area (Å²) in [6.07, 6.45) is 3.42. The van der Waals surface area contributed by atoms with Gasteiger partial charge in [-0.25, -0.2) is 9.78 Å². The second-order valence-corrected chi connectivity index (χ2v) is 8.93. The molecule has 0 aliphatic heterocycles. The van der Waals surface area contributed by atoms with Gasteiger partial charge in [-0.05, 0) is 25.0 Å². The fourth-order valence-corrected chi connectivity index (χ4v) is 4.78. The molecule has 0 bridgehead atoms. The van der Waals surface area contributed by atoms with Gasteiger partial charge in [0.05, 0.1) is 28.2 Å². The smallest absolute Gasteiger partial charge is 0.330 e. The lowest BCUT2D eigenvalue weighted by atomic mass is 10.1. The largest absolute Gasteiger partial charge is 0.345 e. The first kappa shape index (κ1) is 22.7.